The predicted molar refractivity (Wildman–Crippen MR) is 75.1 cm³/mol. The van der Waals surface area contributed by atoms with E-state index in [0.29, 0.717) is 11.1 Å². The number of rotatable bonds is 5. The molecule has 1 atom stereocenters. The molecule has 0 bridgehead atoms. The van der Waals surface area contributed by atoms with E-state index in [-0.39, 0.29) is 12.2 Å². The van der Waals surface area contributed by atoms with Crippen LogP contribution in [-0.4, -0.2) is 20.6 Å². The summed E-state index contributed by atoms with van der Waals surface area (Å²) >= 11 is 0. The van der Waals surface area contributed by atoms with Crippen LogP contribution in [0.1, 0.15) is 17.2 Å². The maximum absolute atomic E-state index is 12.0. The maximum Gasteiger partial charge on any atom is 0.274 e. The molecule has 0 radical (unpaired) electrons. The molecule has 0 aliphatic carbocycles. The summed E-state index contributed by atoms with van der Waals surface area (Å²) in [5.41, 5.74) is 6.79. The van der Waals surface area contributed by atoms with Crippen molar-refractivity contribution in [2.75, 3.05) is 0 Å². The first-order valence-corrected chi connectivity index (χ1v) is 6.23. The van der Waals surface area contributed by atoms with Crippen LogP contribution >= 0.6 is 0 Å². The molecule has 1 amide bonds. The van der Waals surface area contributed by atoms with E-state index in [4.69, 9.17) is 5.73 Å². The third-order valence-corrected chi connectivity index (χ3v) is 3.01. The fraction of sp³-hybridized carbons (Fsp3) is 0.231. The van der Waals surface area contributed by atoms with Gasteiger partial charge in [0, 0.05) is 37.0 Å². The lowest BCUT2D eigenvalue weighted by molar-refractivity contribution is -0.385. The molecule has 0 spiro atoms. The summed E-state index contributed by atoms with van der Waals surface area (Å²) in [5.74, 6) is -0.416. The molecule has 2 aromatic rings. The Hall–Kier alpha value is -2.74. The standard InChI is InChI=1S/C13H15N5O3/c1-17-8-10(7-16-17)12(14)13(19)15-6-9-4-2-3-5-11(9)18(20)21/h2-5,7-8,12H,6,14H2,1H3,(H,15,19). The number of nitrogens with zero attached hydrogens (tertiary/aromatic N) is 3. The van der Waals surface area contributed by atoms with E-state index in [0.717, 1.165) is 0 Å². The van der Waals surface area contributed by atoms with Crippen LogP contribution in [0.5, 0.6) is 0 Å². The Bertz CT molecular complexity index is 667. The summed E-state index contributed by atoms with van der Waals surface area (Å²) in [6.45, 7) is 0.0456. The molecule has 21 heavy (non-hydrogen) atoms. The van der Waals surface area contributed by atoms with Crippen molar-refractivity contribution in [3.05, 3.63) is 57.9 Å². The van der Waals surface area contributed by atoms with Crippen LogP contribution in [0, 0.1) is 10.1 Å². The van der Waals surface area contributed by atoms with Gasteiger partial charge in [0.15, 0.2) is 0 Å². The van der Waals surface area contributed by atoms with Crippen molar-refractivity contribution >= 4 is 11.6 Å². The maximum atomic E-state index is 12.0. The number of benzene rings is 1. The quantitative estimate of drug-likeness (QED) is 0.619. The highest BCUT2D eigenvalue weighted by Gasteiger charge is 2.19. The molecule has 0 saturated heterocycles. The van der Waals surface area contributed by atoms with Crippen molar-refractivity contribution in [3.63, 3.8) is 0 Å². The molecule has 3 N–H and O–H groups in total. The lowest BCUT2D eigenvalue weighted by Crippen LogP contribution is -2.33. The molecule has 2 rings (SSSR count). The molecule has 0 saturated carbocycles. The van der Waals surface area contributed by atoms with Crippen LogP contribution in [0.25, 0.3) is 0 Å². The van der Waals surface area contributed by atoms with E-state index in [1.54, 1.807) is 36.1 Å². The second kappa shape index (κ2) is 6.14. The first-order valence-electron chi connectivity index (χ1n) is 6.23. The smallest absolute Gasteiger partial charge is 0.274 e. The number of nitrogens with two attached hydrogens (primary N) is 1. The number of amides is 1. The van der Waals surface area contributed by atoms with Gasteiger partial charge >= 0.3 is 0 Å². The van der Waals surface area contributed by atoms with Crippen molar-refractivity contribution in [2.24, 2.45) is 12.8 Å². The Balaban J connectivity index is 2.03. The van der Waals surface area contributed by atoms with Gasteiger partial charge in [-0.25, -0.2) is 0 Å². The van der Waals surface area contributed by atoms with Gasteiger partial charge in [0.2, 0.25) is 5.91 Å². The molecule has 0 aliphatic rings. The Morgan fingerprint density at radius 3 is 2.86 bits per heavy atom. The first-order chi connectivity index (χ1) is 9.99. The van der Waals surface area contributed by atoms with Gasteiger partial charge < -0.3 is 11.1 Å². The monoisotopic (exact) mass is 289 g/mol. The van der Waals surface area contributed by atoms with Gasteiger partial charge in [-0.1, -0.05) is 18.2 Å². The zero-order valence-corrected chi connectivity index (χ0v) is 11.4. The number of hydrogen-bond acceptors (Lipinski definition) is 5. The minimum Gasteiger partial charge on any atom is -0.350 e. The van der Waals surface area contributed by atoms with E-state index in [2.05, 4.69) is 10.4 Å². The average Bonchev–Trinajstić information content (AvgIpc) is 2.90. The van der Waals surface area contributed by atoms with E-state index < -0.39 is 16.9 Å². The summed E-state index contributed by atoms with van der Waals surface area (Å²) in [7, 11) is 1.72. The number of para-hydroxylation sites is 1. The molecule has 1 aromatic heterocycles. The largest absolute Gasteiger partial charge is 0.350 e. The lowest BCUT2D eigenvalue weighted by Gasteiger charge is -2.10. The van der Waals surface area contributed by atoms with Gasteiger partial charge in [-0.05, 0) is 0 Å². The third-order valence-electron chi connectivity index (χ3n) is 3.01. The molecular formula is C13H15N5O3. The summed E-state index contributed by atoms with van der Waals surface area (Å²) in [5, 5.41) is 17.4. The number of aromatic nitrogens is 2. The normalized spacial score (nSPS) is 11.9. The summed E-state index contributed by atoms with van der Waals surface area (Å²) in [6.07, 6.45) is 3.16. The molecule has 8 heteroatoms. The molecule has 8 nitrogen and oxygen atoms in total. The SMILES string of the molecule is Cn1cc(C(N)C(=O)NCc2ccccc2[N+](=O)[O-])cn1. The fourth-order valence-electron chi connectivity index (χ4n) is 1.88. The average molecular weight is 289 g/mol. The van der Waals surface area contributed by atoms with Crippen LogP contribution in [0.3, 0.4) is 0 Å². The van der Waals surface area contributed by atoms with Crippen molar-refractivity contribution < 1.29 is 9.72 Å². The minimum absolute atomic E-state index is 0.0345. The number of hydrogen-bond donors (Lipinski definition) is 2. The van der Waals surface area contributed by atoms with Gasteiger partial charge in [-0.3, -0.25) is 19.6 Å². The number of carbonyl (C=O) groups is 1. The summed E-state index contributed by atoms with van der Waals surface area (Å²) < 4.78 is 1.55. The van der Waals surface area contributed by atoms with Crippen molar-refractivity contribution in [1.29, 1.82) is 0 Å². The van der Waals surface area contributed by atoms with Gasteiger partial charge in [0.1, 0.15) is 6.04 Å². The predicted octanol–water partition coefficient (Wildman–Crippen LogP) is 0.644. The van der Waals surface area contributed by atoms with E-state index in [1.165, 1.54) is 12.3 Å². The van der Waals surface area contributed by atoms with Crippen LogP contribution < -0.4 is 11.1 Å². The van der Waals surface area contributed by atoms with Crippen LogP contribution in [0.4, 0.5) is 5.69 Å². The first kappa shape index (κ1) is 14.7. The molecule has 1 aromatic carbocycles. The number of nitro groups is 1. The number of aryl methyl sites for hydroxylation is 1. The molecular weight excluding hydrogens is 274 g/mol. The summed E-state index contributed by atoms with van der Waals surface area (Å²) in [6, 6.07) is 5.37. The zero-order valence-electron chi connectivity index (χ0n) is 11.4. The molecule has 0 fully saturated rings. The van der Waals surface area contributed by atoms with Crippen LogP contribution in [0.2, 0.25) is 0 Å². The van der Waals surface area contributed by atoms with Gasteiger partial charge in [0.25, 0.3) is 5.69 Å². The zero-order chi connectivity index (χ0) is 15.4. The van der Waals surface area contributed by atoms with Crippen LogP contribution in [0.15, 0.2) is 36.7 Å². The van der Waals surface area contributed by atoms with E-state index >= 15 is 0 Å². The van der Waals surface area contributed by atoms with Crippen LogP contribution in [-0.2, 0) is 18.4 Å². The topological polar surface area (TPSA) is 116 Å². The Kier molecular flexibility index (Phi) is 4.29. The van der Waals surface area contributed by atoms with Gasteiger partial charge in [0.05, 0.1) is 11.1 Å². The number of nitro benzene ring substituents is 1. The Morgan fingerprint density at radius 2 is 2.24 bits per heavy atom. The Labute approximate surface area is 120 Å². The molecule has 110 valence electrons. The second-order valence-electron chi connectivity index (χ2n) is 4.53. The molecule has 1 unspecified atom stereocenters. The minimum atomic E-state index is -0.860. The van der Waals surface area contributed by atoms with Gasteiger partial charge in [-0.2, -0.15) is 5.10 Å². The highest BCUT2D eigenvalue weighted by molar-refractivity contribution is 5.82. The molecule has 1 heterocycles. The van der Waals surface area contributed by atoms with Gasteiger partial charge in [-0.15, -0.1) is 0 Å². The fourth-order valence-corrected chi connectivity index (χ4v) is 1.88. The van der Waals surface area contributed by atoms with Crippen molar-refractivity contribution in [3.8, 4) is 0 Å². The Morgan fingerprint density at radius 1 is 1.52 bits per heavy atom. The lowest BCUT2D eigenvalue weighted by atomic mass is 10.1. The highest BCUT2D eigenvalue weighted by atomic mass is 16.6. The summed E-state index contributed by atoms with van der Waals surface area (Å²) in [4.78, 5) is 22.4. The van der Waals surface area contributed by atoms with E-state index in [1.807, 2.05) is 0 Å². The highest BCUT2D eigenvalue weighted by Crippen LogP contribution is 2.17. The number of carbonyl (C=O) groups excluding carboxylic acids is 1. The molecule has 0 aliphatic heterocycles. The van der Waals surface area contributed by atoms with E-state index in [9.17, 15) is 14.9 Å². The number of nitrogens with one attached hydrogen (secondary N) is 1. The second-order valence-corrected chi connectivity index (χ2v) is 4.53. The van der Waals surface area contributed by atoms with Crippen molar-refractivity contribution in [2.45, 2.75) is 12.6 Å². The third kappa shape index (κ3) is 3.42. The van der Waals surface area contributed by atoms with Crippen molar-refractivity contribution in [1.82, 2.24) is 15.1 Å².